The summed E-state index contributed by atoms with van der Waals surface area (Å²) in [6.45, 7) is 0. The van der Waals surface area contributed by atoms with E-state index < -0.39 is 0 Å². The first-order valence-electron chi connectivity index (χ1n) is 4.32. The molecule has 0 radical (unpaired) electrons. The molecule has 0 spiro atoms. The third-order valence-corrected chi connectivity index (χ3v) is 3.28. The molecule has 0 saturated heterocycles. The van der Waals surface area contributed by atoms with E-state index in [-0.39, 0.29) is 5.78 Å². The van der Waals surface area contributed by atoms with Gasteiger partial charge in [0.2, 0.25) is 5.78 Å². The van der Waals surface area contributed by atoms with Gasteiger partial charge in [-0.25, -0.2) is 0 Å². The molecule has 0 fully saturated rings. The lowest BCUT2D eigenvalue weighted by Crippen LogP contribution is -2.02. The highest BCUT2D eigenvalue weighted by atomic mass is 35.5. The van der Waals surface area contributed by atoms with Crippen LogP contribution in [-0.4, -0.2) is 5.78 Å². The van der Waals surface area contributed by atoms with E-state index in [9.17, 15) is 4.79 Å². The van der Waals surface area contributed by atoms with Gasteiger partial charge < -0.3 is 5.73 Å². The molecular weight excluding hydrogens is 230 g/mol. The van der Waals surface area contributed by atoms with Crippen molar-refractivity contribution < 1.29 is 4.79 Å². The fourth-order valence-electron chi connectivity index (χ4n) is 1.27. The molecule has 0 aliphatic heterocycles. The molecule has 4 heteroatoms. The highest BCUT2D eigenvalue weighted by Gasteiger charge is 2.15. The molecule has 2 N–H and O–H groups in total. The molecule has 0 unspecified atom stereocenters. The zero-order chi connectivity index (χ0) is 10.8. The van der Waals surface area contributed by atoms with Crippen LogP contribution in [0.25, 0.3) is 0 Å². The van der Waals surface area contributed by atoms with Crippen LogP contribution in [0.4, 0.5) is 5.69 Å². The number of nitrogens with two attached hydrogens (primary N) is 1. The number of carbonyl (C=O) groups is 1. The number of benzene rings is 1. The second-order valence-corrected chi connectivity index (χ2v) is 4.34. The number of halogens is 1. The van der Waals surface area contributed by atoms with Crippen molar-refractivity contribution in [3.8, 4) is 0 Å². The number of thiophene rings is 1. The molecule has 1 heterocycles. The molecule has 0 aliphatic carbocycles. The number of anilines is 1. The number of rotatable bonds is 2. The third-order valence-electron chi connectivity index (χ3n) is 2.02. The Kier molecular flexibility index (Phi) is 2.75. The molecule has 0 saturated carbocycles. The van der Waals surface area contributed by atoms with E-state index in [0.717, 1.165) is 0 Å². The minimum absolute atomic E-state index is 0.117. The van der Waals surface area contributed by atoms with Crippen LogP contribution < -0.4 is 5.73 Å². The van der Waals surface area contributed by atoms with Crippen LogP contribution in [0, 0.1) is 0 Å². The maximum absolute atomic E-state index is 12.0. The van der Waals surface area contributed by atoms with E-state index in [1.54, 1.807) is 35.7 Å². The van der Waals surface area contributed by atoms with E-state index in [1.165, 1.54) is 11.3 Å². The van der Waals surface area contributed by atoms with Crippen molar-refractivity contribution in [1.29, 1.82) is 0 Å². The highest BCUT2D eigenvalue weighted by molar-refractivity contribution is 7.13. The molecule has 0 atom stereocenters. The predicted octanol–water partition coefficient (Wildman–Crippen LogP) is 3.21. The Hall–Kier alpha value is -1.32. The summed E-state index contributed by atoms with van der Waals surface area (Å²) in [4.78, 5) is 12.5. The molecular formula is C11H8ClNOS. The van der Waals surface area contributed by atoms with Gasteiger partial charge in [0, 0.05) is 5.56 Å². The quantitative estimate of drug-likeness (QED) is 0.815. The zero-order valence-electron chi connectivity index (χ0n) is 7.74. The summed E-state index contributed by atoms with van der Waals surface area (Å²) < 4.78 is 0. The van der Waals surface area contributed by atoms with Gasteiger partial charge in [-0.1, -0.05) is 23.7 Å². The average molecular weight is 238 g/mol. The smallest absolute Gasteiger partial charge is 0.206 e. The molecule has 1 aromatic carbocycles. The van der Waals surface area contributed by atoms with Crippen LogP contribution in [0.2, 0.25) is 5.02 Å². The van der Waals surface area contributed by atoms with Crippen LogP contribution in [0.3, 0.4) is 0 Å². The molecule has 0 aliphatic rings. The van der Waals surface area contributed by atoms with E-state index in [4.69, 9.17) is 17.3 Å². The summed E-state index contributed by atoms with van der Waals surface area (Å²) in [7, 11) is 0. The van der Waals surface area contributed by atoms with Gasteiger partial charge in [0.1, 0.15) is 0 Å². The van der Waals surface area contributed by atoms with Crippen LogP contribution in [-0.2, 0) is 0 Å². The number of hydrogen-bond donors (Lipinski definition) is 1. The fourth-order valence-corrected chi connectivity index (χ4v) is 2.26. The van der Waals surface area contributed by atoms with Crippen LogP contribution >= 0.6 is 22.9 Å². The Morgan fingerprint density at radius 3 is 2.60 bits per heavy atom. The maximum Gasteiger partial charge on any atom is 0.206 e. The van der Waals surface area contributed by atoms with Crippen molar-refractivity contribution in [3.05, 3.63) is 51.2 Å². The number of hydrogen-bond acceptors (Lipinski definition) is 3. The van der Waals surface area contributed by atoms with Gasteiger partial charge in [-0.2, -0.15) is 0 Å². The van der Waals surface area contributed by atoms with Crippen molar-refractivity contribution in [2.75, 3.05) is 5.73 Å². The van der Waals surface area contributed by atoms with Crippen molar-refractivity contribution in [2.45, 2.75) is 0 Å². The van der Waals surface area contributed by atoms with Crippen LogP contribution in [0.15, 0.2) is 35.7 Å². The van der Waals surface area contributed by atoms with Gasteiger partial charge in [-0.3, -0.25) is 4.79 Å². The first-order chi connectivity index (χ1) is 7.20. The zero-order valence-corrected chi connectivity index (χ0v) is 9.31. The summed E-state index contributed by atoms with van der Waals surface area (Å²) >= 11 is 7.26. The van der Waals surface area contributed by atoms with Crippen LogP contribution in [0.1, 0.15) is 15.2 Å². The highest BCUT2D eigenvalue weighted by Crippen LogP contribution is 2.25. The van der Waals surface area contributed by atoms with Gasteiger partial charge in [0.15, 0.2) is 0 Å². The van der Waals surface area contributed by atoms with Crippen molar-refractivity contribution in [1.82, 2.24) is 0 Å². The Morgan fingerprint density at radius 2 is 2.00 bits per heavy atom. The summed E-state index contributed by atoms with van der Waals surface area (Å²) in [6.07, 6.45) is 0. The molecule has 1 aromatic heterocycles. The monoisotopic (exact) mass is 237 g/mol. The first-order valence-corrected chi connectivity index (χ1v) is 5.58. The average Bonchev–Trinajstić information content (AvgIpc) is 2.64. The lowest BCUT2D eigenvalue weighted by molar-refractivity contribution is 0.104. The lowest BCUT2D eigenvalue weighted by Gasteiger charge is -2.01. The maximum atomic E-state index is 12.0. The largest absolute Gasteiger partial charge is 0.397 e. The van der Waals surface area contributed by atoms with E-state index in [1.807, 2.05) is 0 Å². The SMILES string of the molecule is Nc1ccsc1C(=O)c1ccccc1Cl. The lowest BCUT2D eigenvalue weighted by atomic mass is 10.1. The van der Waals surface area contributed by atoms with E-state index in [2.05, 4.69) is 0 Å². The summed E-state index contributed by atoms with van der Waals surface area (Å²) in [5, 5.41) is 2.25. The first kappa shape index (κ1) is 10.2. The van der Waals surface area contributed by atoms with E-state index >= 15 is 0 Å². The Morgan fingerprint density at radius 1 is 1.27 bits per heavy atom. The van der Waals surface area contributed by atoms with Crippen molar-refractivity contribution >= 4 is 34.4 Å². The topological polar surface area (TPSA) is 43.1 Å². The Labute approximate surface area is 96.3 Å². The van der Waals surface area contributed by atoms with Crippen LogP contribution in [0.5, 0.6) is 0 Å². The summed E-state index contributed by atoms with van der Waals surface area (Å²) in [5.41, 5.74) is 6.67. The van der Waals surface area contributed by atoms with E-state index in [0.29, 0.717) is 21.2 Å². The molecule has 2 nitrogen and oxygen atoms in total. The normalized spacial score (nSPS) is 10.2. The predicted molar refractivity (Wildman–Crippen MR) is 63.6 cm³/mol. The van der Waals surface area contributed by atoms with Crippen molar-refractivity contribution in [2.24, 2.45) is 0 Å². The molecule has 2 rings (SSSR count). The number of nitrogen functional groups attached to an aromatic ring is 1. The standard InChI is InChI=1S/C11H8ClNOS/c12-8-4-2-1-3-7(8)10(14)11-9(13)5-6-15-11/h1-6H,13H2. The summed E-state index contributed by atoms with van der Waals surface area (Å²) in [6, 6.07) is 8.68. The minimum atomic E-state index is -0.117. The van der Waals surface area contributed by atoms with Gasteiger partial charge in [-0.15, -0.1) is 11.3 Å². The number of carbonyl (C=O) groups excluding carboxylic acids is 1. The molecule has 76 valence electrons. The van der Waals surface area contributed by atoms with Gasteiger partial charge in [0.05, 0.1) is 15.6 Å². The second-order valence-electron chi connectivity index (χ2n) is 3.01. The summed E-state index contributed by atoms with van der Waals surface area (Å²) in [5.74, 6) is -0.117. The number of ketones is 1. The second kappa shape index (κ2) is 4.04. The Bertz CT molecular complexity index is 507. The molecule has 15 heavy (non-hydrogen) atoms. The van der Waals surface area contributed by atoms with Gasteiger partial charge in [0.25, 0.3) is 0 Å². The van der Waals surface area contributed by atoms with Gasteiger partial charge >= 0.3 is 0 Å². The molecule has 2 aromatic rings. The Balaban J connectivity index is 2.46. The molecule has 0 amide bonds. The molecule has 0 bridgehead atoms. The van der Waals surface area contributed by atoms with Crippen molar-refractivity contribution in [3.63, 3.8) is 0 Å². The fraction of sp³-hybridized carbons (Fsp3) is 0. The third kappa shape index (κ3) is 1.89. The van der Waals surface area contributed by atoms with Gasteiger partial charge in [-0.05, 0) is 23.6 Å². The minimum Gasteiger partial charge on any atom is -0.397 e.